The predicted octanol–water partition coefficient (Wildman–Crippen LogP) is 2.79. The minimum Gasteiger partial charge on any atom is -0.355 e. The fourth-order valence-corrected chi connectivity index (χ4v) is 2.92. The molecule has 1 aromatic rings. The second-order valence-electron chi connectivity index (χ2n) is 6.03. The van der Waals surface area contributed by atoms with Crippen LogP contribution in [0.5, 0.6) is 0 Å². The minimum atomic E-state index is 0.255. The summed E-state index contributed by atoms with van der Waals surface area (Å²) in [4.78, 5) is 6.89. The molecule has 122 valence electrons. The van der Waals surface area contributed by atoms with E-state index in [4.69, 9.17) is 0 Å². The number of nitrogens with zero attached hydrogens (tertiary/aromatic N) is 2. The first-order valence-electron chi connectivity index (χ1n) is 8.54. The van der Waals surface area contributed by atoms with Crippen LogP contribution in [0, 0.1) is 0 Å². The van der Waals surface area contributed by atoms with Crippen molar-refractivity contribution in [3.63, 3.8) is 0 Å². The molecule has 2 N–H and O–H groups in total. The monoisotopic (exact) mass is 302 g/mol. The third-order valence-corrected chi connectivity index (χ3v) is 4.30. The Kier molecular flexibility index (Phi) is 7.23. The van der Waals surface area contributed by atoms with Gasteiger partial charge in [-0.25, -0.2) is 0 Å². The van der Waals surface area contributed by atoms with Crippen molar-refractivity contribution >= 4 is 5.96 Å². The third kappa shape index (κ3) is 5.68. The van der Waals surface area contributed by atoms with Gasteiger partial charge in [-0.1, -0.05) is 43.2 Å². The van der Waals surface area contributed by atoms with Crippen LogP contribution in [0.1, 0.15) is 44.2 Å². The van der Waals surface area contributed by atoms with Crippen LogP contribution < -0.4 is 10.6 Å². The highest BCUT2D eigenvalue weighted by molar-refractivity contribution is 5.80. The number of benzene rings is 1. The molecule has 0 amide bonds. The Morgan fingerprint density at radius 1 is 1.14 bits per heavy atom. The average Bonchev–Trinajstić information content (AvgIpc) is 2.83. The summed E-state index contributed by atoms with van der Waals surface area (Å²) in [5.74, 6) is 0.881. The average molecular weight is 302 g/mol. The summed E-state index contributed by atoms with van der Waals surface area (Å²) in [6.07, 6.45) is 5.47. The topological polar surface area (TPSA) is 39.7 Å². The molecule has 0 radical (unpaired) electrons. The molecular weight excluding hydrogens is 272 g/mol. The zero-order valence-electron chi connectivity index (χ0n) is 14.0. The molecule has 1 heterocycles. The number of rotatable bonds is 5. The van der Waals surface area contributed by atoms with E-state index in [1.807, 2.05) is 13.1 Å². The lowest BCUT2D eigenvalue weighted by Crippen LogP contribution is -2.42. The van der Waals surface area contributed by atoms with Gasteiger partial charge in [-0.3, -0.25) is 4.99 Å². The van der Waals surface area contributed by atoms with Crippen molar-refractivity contribution in [1.29, 1.82) is 0 Å². The van der Waals surface area contributed by atoms with Crippen LogP contribution in [0.25, 0.3) is 0 Å². The molecular formula is C18H30N4. The zero-order chi connectivity index (χ0) is 15.6. The fraction of sp³-hybridized carbons (Fsp3) is 0.611. The first-order valence-corrected chi connectivity index (χ1v) is 8.54. The van der Waals surface area contributed by atoms with E-state index in [1.54, 1.807) is 0 Å². The molecule has 2 rings (SSSR count). The molecule has 1 saturated heterocycles. The Hall–Kier alpha value is -1.55. The molecule has 4 nitrogen and oxygen atoms in total. The second-order valence-corrected chi connectivity index (χ2v) is 6.03. The van der Waals surface area contributed by atoms with Gasteiger partial charge in [-0.2, -0.15) is 0 Å². The van der Waals surface area contributed by atoms with Crippen molar-refractivity contribution < 1.29 is 0 Å². The van der Waals surface area contributed by atoms with E-state index >= 15 is 0 Å². The highest BCUT2D eigenvalue weighted by atomic mass is 15.2. The lowest BCUT2D eigenvalue weighted by atomic mass is 10.1. The van der Waals surface area contributed by atoms with E-state index in [0.717, 1.165) is 19.0 Å². The first-order chi connectivity index (χ1) is 10.8. The molecule has 1 aromatic carbocycles. The lowest BCUT2D eigenvalue weighted by molar-refractivity contribution is 0.289. The van der Waals surface area contributed by atoms with Crippen LogP contribution >= 0.6 is 0 Å². The molecule has 0 saturated carbocycles. The molecule has 22 heavy (non-hydrogen) atoms. The van der Waals surface area contributed by atoms with Crippen LogP contribution in [0.3, 0.4) is 0 Å². The molecule has 1 fully saturated rings. The number of hydrogen-bond donors (Lipinski definition) is 2. The van der Waals surface area contributed by atoms with Crippen LogP contribution in [0.2, 0.25) is 0 Å². The van der Waals surface area contributed by atoms with Crippen molar-refractivity contribution in [1.82, 2.24) is 15.5 Å². The summed E-state index contributed by atoms with van der Waals surface area (Å²) in [7, 11) is 1.83. The van der Waals surface area contributed by atoms with Crippen LogP contribution in [-0.4, -0.2) is 44.1 Å². The minimum absolute atomic E-state index is 0.255. The smallest absolute Gasteiger partial charge is 0.191 e. The quantitative estimate of drug-likeness (QED) is 0.649. The maximum Gasteiger partial charge on any atom is 0.191 e. The van der Waals surface area contributed by atoms with Crippen LogP contribution in [0.4, 0.5) is 0 Å². The van der Waals surface area contributed by atoms with Gasteiger partial charge < -0.3 is 15.5 Å². The van der Waals surface area contributed by atoms with Gasteiger partial charge in [0.25, 0.3) is 0 Å². The van der Waals surface area contributed by atoms with E-state index in [-0.39, 0.29) is 6.04 Å². The van der Waals surface area contributed by atoms with Crippen molar-refractivity contribution in [2.75, 3.05) is 33.2 Å². The lowest BCUT2D eigenvalue weighted by Gasteiger charge is -2.22. The molecule has 4 heteroatoms. The standard InChI is InChI=1S/C18H30N4/c1-16(17-10-6-5-7-11-17)21-18(19-2)20-12-15-22-13-8-3-4-9-14-22/h5-7,10-11,16H,3-4,8-9,12-15H2,1-2H3,(H2,19,20,21). The number of hydrogen-bond acceptors (Lipinski definition) is 2. The van der Waals surface area contributed by atoms with Crippen molar-refractivity contribution in [3.05, 3.63) is 35.9 Å². The number of nitrogens with one attached hydrogen (secondary N) is 2. The number of likely N-dealkylation sites (tertiary alicyclic amines) is 1. The van der Waals surface area contributed by atoms with E-state index in [9.17, 15) is 0 Å². The van der Waals surface area contributed by atoms with Gasteiger partial charge in [0, 0.05) is 20.1 Å². The SMILES string of the molecule is CN=C(NCCN1CCCCCC1)NC(C)c1ccccc1. The van der Waals surface area contributed by atoms with Crippen LogP contribution in [0.15, 0.2) is 35.3 Å². The summed E-state index contributed by atoms with van der Waals surface area (Å²) < 4.78 is 0. The first kappa shape index (κ1) is 16.8. The summed E-state index contributed by atoms with van der Waals surface area (Å²) in [5, 5.41) is 6.89. The van der Waals surface area contributed by atoms with Crippen LogP contribution in [-0.2, 0) is 0 Å². The fourth-order valence-electron chi connectivity index (χ4n) is 2.92. The van der Waals surface area contributed by atoms with Crippen molar-refractivity contribution in [2.24, 2.45) is 4.99 Å². The highest BCUT2D eigenvalue weighted by Crippen LogP contribution is 2.11. The predicted molar refractivity (Wildman–Crippen MR) is 94.3 cm³/mol. The van der Waals surface area contributed by atoms with Gasteiger partial charge in [-0.15, -0.1) is 0 Å². The normalized spacial score (nSPS) is 18.5. The molecule has 1 unspecified atom stereocenters. The van der Waals surface area contributed by atoms with Gasteiger partial charge in [0.2, 0.25) is 0 Å². The summed E-state index contributed by atoms with van der Waals surface area (Å²) in [6, 6.07) is 10.7. The van der Waals surface area contributed by atoms with Gasteiger partial charge in [0.1, 0.15) is 0 Å². The molecule has 0 aliphatic carbocycles. The van der Waals surface area contributed by atoms with Crippen molar-refractivity contribution in [2.45, 2.75) is 38.6 Å². The summed E-state index contributed by atoms with van der Waals surface area (Å²) >= 11 is 0. The number of guanidine groups is 1. The van der Waals surface area contributed by atoms with Gasteiger partial charge >= 0.3 is 0 Å². The van der Waals surface area contributed by atoms with Crippen molar-refractivity contribution in [3.8, 4) is 0 Å². The van der Waals surface area contributed by atoms with E-state index in [1.165, 1.54) is 44.3 Å². The molecule has 1 atom stereocenters. The molecule has 1 aliphatic rings. The van der Waals surface area contributed by atoms with E-state index in [0.29, 0.717) is 0 Å². The Labute approximate surface area is 135 Å². The second kappa shape index (κ2) is 9.46. The summed E-state index contributed by atoms with van der Waals surface area (Å²) in [6.45, 7) is 6.70. The maximum atomic E-state index is 4.33. The number of aliphatic imine (C=N–C) groups is 1. The highest BCUT2D eigenvalue weighted by Gasteiger charge is 2.10. The Morgan fingerprint density at radius 3 is 2.45 bits per heavy atom. The Bertz CT molecular complexity index is 436. The van der Waals surface area contributed by atoms with Gasteiger partial charge in [0.15, 0.2) is 5.96 Å². The Morgan fingerprint density at radius 2 is 1.82 bits per heavy atom. The maximum absolute atomic E-state index is 4.33. The van der Waals surface area contributed by atoms with Gasteiger partial charge in [0.05, 0.1) is 6.04 Å². The van der Waals surface area contributed by atoms with Gasteiger partial charge in [-0.05, 0) is 38.4 Å². The van der Waals surface area contributed by atoms with E-state index < -0.39 is 0 Å². The molecule has 0 aromatic heterocycles. The molecule has 1 aliphatic heterocycles. The largest absolute Gasteiger partial charge is 0.355 e. The molecule has 0 spiro atoms. The third-order valence-electron chi connectivity index (χ3n) is 4.30. The Balaban J connectivity index is 1.73. The molecule has 0 bridgehead atoms. The van der Waals surface area contributed by atoms with E-state index in [2.05, 4.69) is 51.7 Å². The summed E-state index contributed by atoms with van der Waals surface area (Å²) in [5.41, 5.74) is 1.28. The zero-order valence-corrected chi connectivity index (χ0v) is 14.0.